The minimum absolute atomic E-state index is 0.115. The Bertz CT molecular complexity index is 1130. The van der Waals surface area contributed by atoms with E-state index in [1.54, 1.807) is 25.3 Å². The van der Waals surface area contributed by atoms with Gasteiger partial charge in [0.25, 0.3) is 0 Å². The number of carbonyl (C=O) groups is 1. The lowest BCUT2D eigenvalue weighted by Crippen LogP contribution is -2.51. The highest BCUT2D eigenvalue weighted by molar-refractivity contribution is 6.04. The number of fused-ring (bicyclic) bond motifs is 2. The van der Waals surface area contributed by atoms with Crippen LogP contribution in [0, 0.1) is 5.92 Å². The Morgan fingerprint density at radius 3 is 2.46 bits per heavy atom. The van der Waals surface area contributed by atoms with E-state index in [0.29, 0.717) is 61.4 Å². The number of halogens is 3. The highest BCUT2D eigenvalue weighted by Gasteiger charge is 2.33. The first kappa shape index (κ1) is 23.5. The van der Waals surface area contributed by atoms with E-state index in [2.05, 4.69) is 4.99 Å². The molecule has 2 heterocycles. The van der Waals surface area contributed by atoms with Crippen LogP contribution in [0.5, 0.6) is 17.2 Å². The van der Waals surface area contributed by atoms with Crippen molar-refractivity contribution in [1.29, 1.82) is 0 Å². The van der Waals surface area contributed by atoms with Crippen LogP contribution >= 0.6 is 0 Å². The molecule has 0 N–H and O–H groups in total. The van der Waals surface area contributed by atoms with Gasteiger partial charge in [-0.05, 0) is 55.2 Å². The second kappa shape index (κ2) is 9.43. The summed E-state index contributed by atoms with van der Waals surface area (Å²) in [7, 11) is 1.55. The van der Waals surface area contributed by atoms with E-state index in [-0.39, 0.29) is 17.3 Å². The number of ether oxygens (including phenoxy) is 2. The van der Waals surface area contributed by atoms with Crippen LogP contribution < -0.4 is 9.47 Å². The molecule has 3 aliphatic rings. The number of benzene rings is 2. The lowest BCUT2D eigenvalue weighted by molar-refractivity contribution is -0.137. The number of carbonyl (C=O) groups excluding carboxylic acids is 1. The molecule has 0 radical (unpaired) electrons. The molecule has 2 aromatic carbocycles. The predicted octanol–water partition coefficient (Wildman–Crippen LogP) is 5.62. The molecule has 0 unspecified atom stereocenters. The number of amidine groups is 1. The maximum absolute atomic E-state index is 13.4. The molecular weight excluding hydrogens is 459 g/mol. The third-order valence-corrected chi connectivity index (χ3v) is 7.03. The number of amides is 1. The van der Waals surface area contributed by atoms with E-state index < -0.39 is 11.7 Å². The van der Waals surface area contributed by atoms with Gasteiger partial charge in [0.05, 0.1) is 18.2 Å². The van der Waals surface area contributed by atoms with Crippen molar-refractivity contribution >= 4 is 17.4 Å². The number of methoxy groups -OCH3 is 1. The fraction of sp³-hybridized carbons (Fsp3) is 0.462. The Kier molecular flexibility index (Phi) is 6.34. The monoisotopic (exact) mass is 487 g/mol. The molecule has 1 amide bonds. The predicted molar refractivity (Wildman–Crippen MR) is 125 cm³/mol. The van der Waals surface area contributed by atoms with E-state index in [1.165, 1.54) is 18.9 Å². The maximum atomic E-state index is 13.4. The molecular formula is C26H28F3N3O3. The number of hydrogen-bond donors (Lipinski definition) is 0. The fourth-order valence-corrected chi connectivity index (χ4v) is 5.06. The minimum Gasteiger partial charge on any atom is -0.497 e. The Morgan fingerprint density at radius 1 is 1.06 bits per heavy atom. The van der Waals surface area contributed by atoms with Crippen molar-refractivity contribution < 1.29 is 27.4 Å². The average Bonchev–Trinajstić information content (AvgIpc) is 3.30. The molecule has 35 heavy (non-hydrogen) atoms. The summed E-state index contributed by atoms with van der Waals surface area (Å²) < 4.78 is 51.5. The molecule has 0 atom stereocenters. The molecule has 1 saturated heterocycles. The van der Waals surface area contributed by atoms with Gasteiger partial charge in [-0.15, -0.1) is 0 Å². The van der Waals surface area contributed by atoms with Crippen LogP contribution in [0.1, 0.15) is 43.2 Å². The molecule has 1 aliphatic carbocycles. The normalized spacial score (nSPS) is 18.3. The number of aliphatic imine (C=N–C) groups is 1. The molecule has 9 heteroatoms. The summed E-state index contributed by atoms with van der Waals surface area (Å²) in [5, 5.41) is 0. The summed E-state index contributed by atoms with van der Waals surface area (Å²) >= 11 is 0. The van der Waals surface area contributed by atoms with Crippen molar-refractivity contribution in [2.45, 2.75) is 38.3 Å². The summed E-state index contributed by atoms with van der Waals surface area (Å²) in [6.07, 6.45) is 0.768. The molecule has 6 nitrogen and oxygen atoms in total. The van der Waals surface area contributed by atoms with E-state index in [4.69, 9.17) is 9.47 Å². The summed E-state index contributed by atoms with van der Waals surface area (Å²) in [5.41, 5.74) is -0.0293. The molecule has 2 aromatic rings. The topological polar surface area (TPSA) is 54.4 Å². The van der Waals surface area contributed by atoms with Crippen LogP contribution in [0.4, 0.5) is 18.9 Å². The lowest BCUT2D eigenvalue weighted by Gasteiger charge is -2.37. The quantitative estimate of drug-likeness (QED) is 0.564. The summed E-state index contributed by atoms with van der Waals surface area (Å²) in [4.78, 5) is 21.4. The van der Waals surface area contributed by atoms with E-state index >= 15 is 0 Å². The van der Waals surface area contributed by atoms with Crippen LogP contribution in [-0.2, 0) is 11.0 Å². The first-order valence-electron chi connectivity index (χ1n) is 12.0. The van der Waals surface area contributed by atoms with Crippen LogP contribution in [0.2, 0.25) is 0 Å². The standard InChI is InChI=1S/C26H28F3N3O3/c1-34-19-7-9-22-20(16-19)25(30-21-15-18(26(27,28)29)6-8-23(21)35-22)32-12-10-31(11-13-32)24(33)14-17-4-2-3-5-17/h6-9,15-17H,2-5,10-14H2,1H3. The second-order valence-electron chi connectivity index (χ2n) is 9.30. The third kappa shape index (κ3) is 4.94. The first-order chi connectivity index (χ1) is 16.8. The summed E-state index contributed by atoms with van der Waals surface area (Å²) in [6, 6.07) is 8.57. The SMILES string of the molecule is COc1ccc2c(c1)C(N1CCN(C(=O)CC3CCCC3)CC1)=Nc1cc(C(F)(F)F)ccc1O2. The Balaban J connectivity index is 1.43. The van der Waals surface area contributed by atoms with Crippen LogP contribution in [-0.4, -0.2) is 54.8 Å². The number of nitrogens with zero attached hydrogens (tertiary/aromatic N) is 3. The van der Waals surface area contributed by atoms with Gasteiger partial charge in [0.2, 0.25) is 5.91 Å². The zero-order valence-electron chi connectivity index (χ0n) is 19.6. The van der Waals surface area contributed by atoms with Gasteiger partial charge in [0.15, 0.2) is 5.75 Å². The van der Waals surface area contributed by atoms with Crippen molar-refractivity contribution in [3.63, 3.8) is 0 Å². The first-order valence-corrected chi connectivity index (χ1v) is 12.0. The largest absolute Gasteiger partial charge is 0.497 e. The summed E-state index contributed by atoms with van der Waals surface area (Å²) in [5.74, 6) is 2.52. The van der Waals surface area contributed by atoms with Gasteiger partial charge in [-0.2, -0.15) is 13.2 Å². The molecule has 1 saturated carbocycles. The molecule has 0 bridgehead atoms. The van der Waals surface area contributed by atoms with Crippen LogP contribution in [0.15, 0.2) is 41.4 Å². The Morgan fingerprint density at radius 2 is 1.77 bits per heavy atom. The van der Waals surface area contributed by atoms with Crippen LogP contribution in [0.25, 0.3) is 0 Å². The van der Waals surface area contributed by atoms with Gasteiger partial charge in [0, 0.05) is 32.6 Å². The van der Waals surface area contributed by atoms with Gasteiger partial charge in [-0.25, -0.2) is 4.99 Å². The smallest absolute Gasteiger partial charge is 0.416 e. The van der Waals surface area contributed by atoms with Gasteiger partial charge in [-0.1, -0.05) is 12.8 Å². The van der Waals surface area contributed by atoms with Crippen LogP contribution in [0.3, 0.4) is 0 Å². The fourth-order valence-electron chi connectivity index (χ4n) is 5.06. The number of alkyl halides is 3. The lowest BCUT2D eigenvalue weighted by atomic mass is 10.0. The van der Waals surface area contributed by atoms with Crippen molar-refractivity contribution in [2.24, 2.45) is 10.9 Å². The molecule has 186 valence electrons. The summed E-state index contributed by atoms with van der Waals surface area (Å²) in [6.45, 7) is 2.14. The van der Waals surface area contributed by atoms with Gasteiger partial charge < -0.3 is 19.3 Å². The number of piperazine rings is 1. The zero-order chi connectivity index (χ0) is 24.6. The minimum atomic E-state index is -4.49. The molecule has 5 rings (SSSR count). The van der Waals surface area contributed by atoms with E-state index in [0.717, 1.165) is 25.0 Å². The van der Waals surface area contributed by atoms with Crippen molar-refractivity contribution in [2.75, 3.05) is 33.3 Å². The average molecular weight is 488 g/mol. The van der Waals surface area contributed by atoms with E-state index in [1.807, 2.05) is 9.80 Å². The highest BCUT2D eigenvalue weighted by atomic mass is 19.4. The number of rotatable bonds is 3. The molecule has 2 aliphatic heterocycles. The van der Waals surface area contributed by atoms with Gasteiger partial charge in [-0.3, -0.25) is 4.79 Å². The maximum Gasteiger partial charge on any atom is 0.416 e. The zero-order valence-corrected chi connectivity index (χ0v) is 19.6. The molecule has 2 fully saturated rings. The highest BCUT2D eigenvalue weighted by Crippen LogP contribution is 2.42. The molecule has 0 aromatic heterocycles. The van der Waals surface area contributed by atoms with E-state index in [9.17, 15) is 18.0 Å². The Labute approximate surface area is 202 Å². The van der Waals surface area contributed by atoms with Crippen molar-refractivity contribution in [3.8, 4) is 17.2 Å². The van der Waals surface area contributed by atoms with Crippen molar-refractivity contribution in [3.05, 3.63) is 47.5 Å². The van der Waals surface area contributed by atoms with Gasteiger partial charge >= 0.3 is 6.18 Å². The van der Waals surface area contributed by atoms with Gasteiger partial charge in [0.1, 0.15) is 23.0 Å². The molecule has 0 spiro atoms. The number of hydrogen-bond acceptors (Lipinski definition) is 5. The van der Waals surface area contributed by atoms with Crippen molar-refractivity contribution in [1.82, 2.24) is 9.80 Å². The third-order valence-electron chi connectivity index (χ3n) is 7.03. The Hall–Kier alpha value is -3.23. The second-order valence-corrected chi connectivity index (χ2v) is 9.30.